The van der Waals surface area contributed by atoms with E-state index in [1.807, 2.05) is 19.1 Å². The SMILES string of the molecule is Cc1ccc(CCN(C)C(=O)CS)o1. The van der Waals surface area contributed by atoms with Crippen molar-refractivity contribution in [2.24, 2.45) is 0 Å². The van der Waals surface area contributed by atoms with Gasteiger partial charge in [-0.2, -0.15) is 12.6 Å². The van der Waals surface area contributed by atoms with Gasteiger partial charge in [0.1, 0.15) is 11.5 Å². The lowest BCUT2D eigenvalue weighted by Gasteiger charge is -2.14. The third-order valence-corrected chi connectivity index (χ3v) is 2.32. The van der Waals surface area contributed by atoms with Gasteiger partial charge in [-0.05, 0) is 19.1 Å². The lowest BCUT2D eigenvalue weighted by atomic mass is 10.3. The summed E-state index contributed by atoms with van der Waals surface area (Å²) in [6.07, 6.45) is 0.754. The second-order valence-corrected chi connectivity index (χ2v) is 3.55. The van der Waals surface area contributed by atoms with Crippen LogP contribution in [0.5, 0.6) is 0 Å². The maximum absolute atomic E-state index is 11.2. The van der Waals surface area contributed by atoms with E-state index in [0.717, 1.165) is 17.9 Å². The van der Waals surface area contributed by atoms with Gasteiger partial charge in [0, 0.05) is 20.0 Å². The molecule has 0 unspecified atom stereocenters. The average Bonchev–Trinajstić information content (AvgIpc) is 2.59. The molecule has 0 spiro atoms. The topological polar surface area (TPSA) is 33.5 Å². The quantitative estimate of drug-likeness (QED) is 0.769. The molecule has 0 saturated heterocycles. The van der Waals surface area contributed by atoms with Crippen LogP contribution < -0.4 is 0 Å². The number of rotatable bonds is 4. The zero-order chi connectivity index (χ0) is 10.6. The Morgan fingerprint density at radius 3 is 2.79 bits per heavy atom. The zero-order valence-corrected chi connectivity index (χ0v) is 9.38. The Bertz CT molecular complexity index is 309. The minimum Gasteiger partial charge on any atom is -0.466 e. The largest absolute Gasteiger partial charge is 0.466 e. The van der Waals surface area contributed by atoms with Crippen LogP contribution in [0.25, 0.3) is 0 Å². The van der Waals surface area contributed by atoms with Gasteiger partial charge in [0.25, 0.3) is 0 Å². The number of carbonyl (C=O) groups is 1. The van der Waals surface area contributed by atoms with Crippen molar-refractivity contribution in [1.82, 2.24) is 4.90 Å². The first-order chi connectivity index (χ1) is 6.63. The normalized spacial score (nSPS) is 10.2. The molecular weight excluding hydrogens is 198 g/mol. The van der Waals surface area contributed by atoms with Crippen molar-refractivity contribution in [3.8, 4) is 0 Å². The molecule has 0 radical (unpaired) electrons. The molecular formula is C10H15NO2S. The Labute approximate surface area is 89.5 Å². The van der Waals surface area contributed by atoms with Crippen molar-refractivity contribution < 1.29 is 9.21 Å². The summed E-state index contributed by atoms with van der Waals surface area (Å²) in [5, 5.41) is 0. The van der Waals surface area contributed by atoms with E-state index >= 15 is 0 Å². The first kappa shape index (κ1) is 11.2. The van der Waals surface area contributed by atoms with Crippen LogP contribution in [0.4, 0.5) is 0 Å². The van der Waals surface area contributed by atoms with Gasteiger partial charge in [-0.1, -0.05) is 0 Å². The molecule has 0 atom stereocenters. The molecule has 0 aliphatic carbocycles. The molecule has 0 saturated carbocycles. The number of hydrogen-bond donors (Lipinski definition) is 1. The highest BCUT2D eigenvalue weighted by molar-refractivity contribution is 7.81. The number of aryl methyl sites for hydroxylation is 1. The zero-order valence-electron chi connectivity index (χ0n) is 8.49. The summed E-state index contributed by atoms with van der Waals surface area (Å²) < 4.78 is 5.39. The number of furan rings is 1. The molecule has 1 aromatic heterocycles. The van der Waals surface area contributed by atoms with Gasteiger partial charge < -0.3 is 9.32 Å². The van der Waals surface area contributed by atoms with Crippen LogP contribution in [0.3, 0.4) is 0 Å². The van der Waals surface area contributed by atoms with Crippen LogP contribution in [0.15, 0.2) is 16.5 Å². The van der Waals surface area contributed by atoms with Crippen LogP contribution in [0, 0.1) is 6.92 Å². The summed E-state index contributed by atoms with van der Waals surface area (Å²) >= 11 is 3.92. The van der Waals surface area contributed by atoms with E-state index in [0.29, 0.717) is 6.54 Å². The smallest absolute Gasteiger partial charge is 0.232 e. The Balaban J connectivity index is 2.37. The molecule has 4 heteroatoms. The Hall–Kier alpha value is -0.900. The minimum absolute atomic E-state index is 0.0385. The summed E-state index contributed by atoms with van der Waals surface area (Å²) in [5.74, 6) is 2.12. The molecule has 1 amide bonds. The fraction of sp³-hybridized carbons (Fsp3) is 0.500. The van der Waals surface area contributed by atoms with E-state index in [4.69, 9.17) is 4.42 Å². The highest BCUT2D eigenvalue weighted by Crippen LogP contribution is 2.07. The lowest BCUT2D eigenvalue weighted by Crippen LogP contribution is -2.29. The molecule has 0 aromatic carbocycles. The van der Waals surface area contributed by atoms with E-state index in [9.17, 15) is 4.79 Å². The van der Waals surface area contributed by atoms with Gasteiger partial charge >= 0.3 is 0 Å². The van der Waals surface area contributed by atoms with E-state index in [1.54, 1.807) is 11.9 Å². The van der Waals surface area contributed by atoms with E-state index in [1.165, 1.54) is 0 Å². The first-order valence-corrected chi connectivity index (χ1v) is 5.17. The number of likely N-dealkylation sites (N-methyl/N-ethyl adjacent to an activating group) is 1. The van der Waals surface area contributed by atoms with Gasteiger partial charge in [0.2, 0.25) is 5.91 Å². The maximum atomic E-state index is 11.2. The fourth-order valence-corrected chi connectivity index (χ4v) is 1.38. The molecule has 0 aliphatic heterocycles. The molecule has 1 rings (SSSR count). The van der Waals surface area contributed by atoms with Crippen LogP contribution in [-0.4, -0.2) is 30.2 Å². The summed E-state index contributed by atoms with van der Waals surface area (Å²) in [6.45, 7) is 2.58. The maximum Gasteiger partial charge on any atom is 0.232 e. The molecule has 1 aromatic rings. The highest BCUT2D eigenvalue weighted by Gasteiger charge is 2.07. The number of carbonyl (C=O) groups excluding carboxylic acids is 1. The molecule has 0 aliphatic rings. The van der Waals surface area contributed by atoms with E-state index in [-0.39, 0.29) is 11.7 Å². The number of nitrogens with zero attached hydrogens (tertiary/aromatic N) is 1. The average molecular weight is 213 g/mol. The summed E-state index contributed by atoms with van der Waals surface area (Å²) in [4.78, 5) is 12.8. The second kappa shape index (κ2) is 5.10. The molecule has 0 fully saturated rings. The van der Waals surface area contributed by atoms with Crippen LogP contribution in [-0.2, 0) is 11.2 Å². The van der Waals surface area contributed by atoms with E-state index < -0.39 is 0 Å². The third kappa shape index (κ3) is 3.10. The fourth-order valence-electron chi connectivity index (χ4n) is 1.14. The monoisotopic (exact) mass is 213 g/mol. The molecule has 1 heterocycles. The first-order valence-electron chi connectivity index (χ1n) is 4.53. The molecule has 0 N–H and O–H groups in total. The molecule has 14 heavy (non-hydrogen) atoms. The van der Waals surface area contributed by atoms with Gasteiger partial charge in [-0.25, -0.2) is 0 Å². The summed E-state index contributed by atoms with van der Waals surface area (Å²) in [5.41, 5.74) is 0. The Morgan fingerprint density at radius 1 is 1.57 bits per heavy atom. The third-order valence-electron chi connectivity index (χ3n) is 2.05. The number of thiol groups is 1. The van der Waals surface area contributed by atoms with Gasteiger partial charge in [0.05, 0.1) is 5.75 Å². The van der Waals surface area contributed by atoms with Crippen LogP contribution in [0.1, 0.15) is 11.5 Å². The van der Waals surface area contributed by atoms with Crippen molar-refractivity contribution in [1.29, 1.82) is 0 Å². The predicted octanol–water partition coefficient (Wildman–Crippen LogP) is 1.52. The number of amides is 1. The molecule has 3 nitrogen and oxygen atoms in total. The molecule has 78 valence electrons. The summed E-state index contributed by atoms with van der Waals surface area (Å²) in [6, 6.07) is 3.87. The highest BCUT2D eigenvalue weighted by atomic mass is 32.1. The van der Waals surface area contributed by atoms with Gasteiger partial charge in [-0.15, -0.1) is 0 Å². The molecule has 0 bridgehead atoms. The van der Waals surface area contributed by atoms with Gasteiger partial charge in [-0.3, -0.25) is 4.79 Å². The van der Waals surface area contributed by atoms with Gasteiger partial charge in [0.15, 0.2) is 0 Å². The van der Waals surface area contributed by atoms with Crippen molar-refractivity contribution in [2.75, 3.05) is 19.3 Å². The van der Waals surface area contributed by atoms with Crippen molar-refractivity contribution in [3.63, 3.8) is 0 Å². The minimum atomic E-state index is 0.0385. The van der Waals surface area contributed by atoms with Crippen molar-refractivity contribution in [3.05, 3.63) is 23.7 Å². The standard InChI is InChI=1S/C10H15NO2S/c1-8-3-4-9(13-8)5-6-11(2)10(12)7-14/h3-4,14H,5-7H2,1-2H3. The predicted molar refractivity (Wildman–Crippen MR) is 58.6 cm³/mol. The number of hydrogen-bond acceptors (Lipinski definition) is 3. The van der Waals surface area contributed by atoms with Crippen molar-refractivity contribution >= 4 is 18.5 Å². The van der Waals surface area contributed by atoms with Crippen LogP contribution >= 0.6 is 12.6 Å². The van der Waals surface area contributed by atoms with E-state index in [2.05, 4.69) is 12.6 Å². The summed E-state index contributed by atoms with van der Waals surface area (Å²) in [7, 11) is 1.77. The Morgan fingerprint density at radius 2 is 2.29 bits per heavy atom. The Kier molecular flexibility index (Phi) is 4.07. The van der Waals surface area contributed by atoms with Crippen LogP contribution in [0.2, 0.25) is 0 Å². The lowest BCUT2D eigenvalue weighted by molar-refractivity contribution is -0.127. The van der Waals surface area contributed by atoms with Crippen molar-refractivity contribution in [2.45, 2.75) is 13.3 Å². The second-order valence-electron chi connectivity index (χ2n) is 3.24.